The van der Waals surface area contributed by atoms with E-state index in [4.69, 9.17) is 16.9 Å². The van der Waals surface area contributed by atoms with Crippen LogP contribution in [0.4, 0.5) is 0 Å². The number of benzene rings is 1. The van der Waals surface area contributed by atoms with Gasteiger partial charge in [0, 0.05) is 6.20 Å². The second kappa shape index (κ2) is 4.38. The smallest absolute Gasteiger partial charge is 0.0991 e. The van der Waals surface area contributed by atoms with Crippen LogP contribution >= 0.6 is 11.6 Å². The lowest BCUT2D eigenvalue weighted by atomic mass is 10.1. The Morgan fingerprint density at radius 3 is 2.56 bits per heavy atom. The van der Waals surface area contributed by atoms with Gasteiger partial charge in [0.05, 0.1) is 28.9 Å². The van der Waals surface area contributed by atoms with E-state index in [1.807, 2.05) is 19.1 Å². The van der Waals surface area contributed by atoms with Gasteiger partial charge in [-0.1, -0.05) is 23.7 Å². The molecule has 1 aromatic heterocycles. The normalized spacial score (nSPS) is 10.1. The molecule has 0 bridgehead atoms. The standard InChI is InChI=1S/C12H10ClN3/c1-9-12(13)8-16(15-9)7-11-4-2-10(6-14)3-5-11/h2-5,8H,7H2,1H3. The Hall–Kier alpha value is -1.79. The molecule has 0 amide bonds. The molecule has 0 saturated carbocycles. The molecule has 0 radical (unpaired) electrons. The van der Waals surface area contributed by atoms with E-state index in [1.165, 1.54) is 0 Å². The fourth-order valence-electron chi connectivity index (χ4n) is 1.45. The fourth-order valence-corrected chi connectivity index (χ4v) is 1.60. The fraction of sp³-hybridized carbons (Fsp3) is 0.167. The Labute approximate surface area is 98.9 Å². The molecule has 0 aliphatic carbocycles. The lowest BCUT2D eigenvalue weighted by molar-refractivity contribution is 0.679. The summed E-state index contributed by atoms with van der Waals surface area (Å²) < 4.78 is 1.79. The molecule has 0 unspecified atom stereocenters. The Bertz CT molecular complexity index is 515. The van der Waals surface area contributed by atoms with Gasteiger partial charge in [0.1, 0.15) is 0 Å². The molecule has 3 nitrogen and oxygen atoms in total. The monoisotopic (exact) mass is 231 g/mol. The quantitative estimate of drug-likeness (QED) is 0.798. The Morgan fingerprint density at radius 2 is 2.06 bits per heavy atom. The third-order valence-corrected chi connectivity index (χ3v) is 2.69. The number of hydrogen-bond donors (Lipinski definition) is 0. The molecule has 0 aliphatic rings. The molecular weight excluding hydrogens is 222 g/mol. The minimum Gasteiger partial charge on any atom is -0.267 e. The summed E-state index contributed by atoms with van der Waals surface area (Å²) in [4.78, 5) is 0. The summed E-state index contributed by atoms with van der Waals surface area (Å²) in [6.07, 6.45) is 1.80. The SMILES string of the molecule is Cc1nn(Cc2ccc(C#N)cc2)cc1Cl. The van der Waals surface area contributed by atoms with E-state index in [0.717, 1.165) is 11.3 Å². The van der Waals surface area contributed by atoms with Crippen molar-refractivity contribution in [2.45, 2.75) is 13.5 Å². The predicted octanol–water partition coefficient (Wildman–Crippen LogP) is 2.76. The van der Waals surface area contributed by atoms with Crippen LogP contribution in [0.25, 0.3) is 0 Å². The maximum Gasteiger partial charge on any atom is 0.0991 e. The highest BCUT2D eigenvalue weighted by atomic mass is 35.5. The molecule has 16 heavy (non-hydrogen) atoms. The summed E-state index contributed by atoms with van der Waals surface area (Å²) in [7, 11) is 0. The van der Waals surface area contributed by atoms with Gasteiger partial charge >= 0.3 is 0 Å². The van der Waals surface area contributed by atoms with Gasteiger partial charge in [0.2, 0.25) is 0 Å². The molecular formula is C12H10ClN3. The van der Waals surface area contributed by atoms with E-state index >= 15 is 0 Å². The Kier molecular flexibility index (Phi) is 2.93. The minimum absolute atomic E-state index is 0.665. The van der Waals surface area contributed by atoms with Crippen molar-refractivity contribution in [2.24, 2.45) is 0 Å². The van der Waals surface area contributed by atoms with E-state index in [2.05, 4.69) is 11.2 Å². The first-order valence-corrected chi connectivity index (χ1v) is 5.25. The zero-order valence-electron chi connectivity index (χ0n) is 8.81. The molecule has 0 atom stereocenters. The summed E-state index contributed by atoms with van der Waals surface area (Å²) in [5.74, 6) is 0. The van der Waals surface area contributed by atoms with Gasteiger partial charge in [-0.15, -0.1) is 0 Å². The van der Waals surface area contributed by atoms with Crippen molar-refractivity contribution in [3.05, 3.63) is 52.3 Å². The van der Waals surface area contributed by atoms with Gasteiger partial charge in [0.25, 0.3) is 0 Å². The first-order chi connectivity index (χ1) is 7.69. The zero-order chi connectivity index (χ0) is 11.5. The predicted molar refractivity (Wildman–Crippen MR) is 62.2 cm³/mol. The van der Waals surface area contributed by atoms with Crippen molar-refractivity contribution < 1.29 is 0 Å². The number of hydrogen-bond acceptors (Lipinski definition) is 2. The maximum absolute atomic E-state index is 8.67. The lowest BCUT2D eigenvalue weighted by Crippen LogP contribution is -2.00. The van der Waals surface area contributed by atoms with E-state index < -0.39 is 0 Å². The average molecular weight is 232 g/mol. The third-order valence-electron chi connectivity index (χ3n) is 2.31. The second-order valence-corrected chi connectivity index (χ2v) is 3.98. The first-order valence-electron chi connectivity index (χ1n) is 4.87. The number of halogens is 1. The van der Waals surface area contributed by atoms with Crippen molar-refractivity contribution in [1.82, 2.24) is 9.78 Å². The van der Waals surface area contributed by atoms with Crippen molar-refractivity contribution in [1.29, 1.82) is 5.26 Å². The van der Waals surface area contributed by atoms with E-state index in [0.29, 0.717) is 17.1 Å². The van der Waals surface area contributed by atoms with Crippen LogP contribution < -0.4 is 0 Å². The van der Waals surface area contributed by atoms with Gasteiger partial charge in [-0.3, -0.25) is 4.68 Å². The Balaban J connectivity index is 2.18. The summed E-state index contributed by atoms with van der Waals surface area (Å²) >= 11 is 5.92. The molecule has 0 spiro atoms. The van der Waals surface area contributed by atoms with Crippen molar-refractivity contribution in [3.63, 3.8) is 0 Å². The summed E-state index contributed by atoms with van der Waals surface area (Å²) in [5.41, 5.74) is 2.59. The molecule has 1 aromatic carbocycles. The van der Waals surface area contributed by atoms with Crippen molar-refractivity contribution >= 4 is 11.6 Å². The zero-order valence-corrected chi connectivity index (χ0v) is 9.57. The van der Waals surface area contributed by atoms with Crippen LogP contribution in [-0.2, 0) is 6.54 Å². The number of nitrogens with zero attached hydrogens (tertiary/aromatic N) is 3. The summed E-state index contributed by atoms with van der Waals surface area (Å²) in [6.45, 7) is 2.54. The average Bonchev–Trinajstić information content (AvgIpc) is 2.59. The molecule has 4 heteroatoms. The van der Waals surface area contributed by atoms with E-state index in [1.54, 1.807) is 23.0 Å². The molecule has 0 fully saturated rings. The van der Waals surface area contributed by atoms with Gasteiger partial charge in [0.15, 0.2) is 0 Å². The highest BCUT2D eigenvalue weighted by Crippen LogP contribution is 2.13. The summed E-state index contributed by atoms with van der Waals surface area (Å²) in [5, 5.41) is 13.6. The first kappa shape index (κ1) is 10.7. The van der Waals surface area contributed by atoms with Crippen LogP contribution in [0.3, 0.4) is 0 Å². The Morgan fingerprint density at radius 1 is 1.38 bits per heavy atom. The highest BCUT2D eigenvalue weighted by molar-refractivity contribution is 6.31. The van der Waals surface area contributed by atoms with Gasteiger partial charge in [-0.2, -0.15) is 10.4 Å². The minimum atomic E-state index is 0.665. The number of nitriles is 1. The number of aryl methyl sites for hydroxylation is 1. The lowest BCUT2D eigenvalue weighted by Gasteiger charge is -2.01. The van der Waals surface area contributed by atoms with Gasteiger partial charge in [-0.05, 0) is 24.6 Å². The van der Waals surface area contributed by atoms with Gasteiger partial charge in [-0.25, -0.2) is 0 Å². The number of aromatic nitrogens is 2. The number of rotatable bonds is 2. The highest BCUT2D eigenvalue weighted by Gasteiger charge is 2.02. The molecule has 0 saturated heterocycles. The molecule has 0 N–H and O–H groups in total. The third kappa shape index (κ3) is 2.23. The molecule has 2 rings (SSSR count). The maximum atomic E-state index is 8.67. The molecule has 1 heterocycles. The van der Waals surface area contributed by atoms with E-state index in [-0.39, 0.29) is 0 Å². The van der Waals surface area contributed by atoms with Gasteiger partial charge < -0.3 is 0 Å². The van der Waals surface area contributed by atoms with Crippen LogP contribution in [-0.4, -0.2) is 9.78 Å². The van der Waals surface area contributed by atoms with Crippen LogP contribution in [0.2, 0.25) is 5.02 Å². The van der Waals surface area contributed by atoms with Crippen molar-refractivity contribution in [2.75, 3.05) is 0 Å². The van der Waals surface area contributed by atoms with Crippen molar-refractivity contribution in [3.8, 4) is 6.07 Å². The molecule has 80 valence electrons. The molecule has 2 aromatic rings. The van der Waals surface area contributed by atoms with Crippen LogP contribution in [0.15, 0.2) is 30.5 Å². The molecule has 0 aliphatic heterocycles. The summed E-state index contributed by atoms with van der Waals surface area (Å²) in [6, 6.07) is 9.53. The van der Waals surface area contributed by atoms with Crippen LogP contribution in [0, 0.1) is 18.3 Å². The largest absolute Gasteiger partial charge is 0.267 e. The topological polar surface area (TPSA) is 41.6 Å². The van der Waals surface area contributed by atoms with Crippen LogP contribution in [0.5, 0.6) is 0 Å². The second-order valence-electron chi connectivity index (χ2n) is 3.57. The van der Waals surface area contributed by atoms with E-state index in [9.17, 15) is 0 Å². The van der Waals surface area contributed by atoms with Crippen LogP contribution in [0.1, 0.15) is 16.8 Å².